The third-order valence-electron chi connectivity index (χ3n) is 5.52. The minimum Gasteiger partial charge on any atom is -0.0654 e. The van der Waals surface area contributed by atoms with Crippen LogP contribution in [0.5, 0.6) is 0 Å². The van der Waals surface area contributed by atoms with Gasteiger partial charge in [0.25, 0.3) is 0 Å². The SMILES string of the molecule is CCCCC1CCCCCCCC(CCC)c2ccccc21. The summed E-state index contributed by atoms with van der Waals surface area (Å²) in [6, 6.07) is 9.46. The smallest absolute Gasteiger partial charge is 0.0159 e. The van der Waals surface area contributed by atoms with Crippen LogP contribution in [0.25, 0.3) is 0 Å². The average molecular weight is 301 g/mol. The molecule has 0 saturated heterocycles. The second-order valence-electron chi connectivity index (χ2n) is 7.30. The van der Waals surface area contributed by atoms with Gasteiger partial charge in [-0.15, -0.1) is 0 Å². The molecular formula is C22H36. The van der Waals surface area contributed by atoms with Gasteiger partial charge in [0.1, 0.15) is 0 Å². The average Bonchev–Trinajstić information content (AvgIpc) is 2.58. The molecule has 0 aliphatic heterocycles. The molecule has 1 aromatic carbocycles. The fourth-order valence-electron chi connectivity index (χ4n) is 4.28. The van der Waals surface area contributed by atoms with Crippen LogP contribution in [0.2, 0.25) is 0 Å². The lowest BCUT2D eigenvalue weighted by molar-refractivity contribution is 0.505. The van der Waals surface area contributed by atoms with Crippen LogP contribution < -0.4 is 0 Å². The van der Waals surface area contributed by atoms with E-state index in [0.717, 1.165) is 11.8 Å². The molecular weight excluding hydrogens is 264 g/mol. The van der Waals surface area contributed by atoms with Gasteiger partial charge in [0.05, 0.1) is 0 Å². The molecule has 0 aromatic heterocycles. The van der Waals surface area contributed by atoms with Crippen molar-refractivity contribution in [2.24, 2.45) is 0 Å². The van der Waals surface area contributed by atoms with Crippen LogP contribution in [0.3, 0.4) is 0 Å². The fraction of sp³-hybridized carbons (Fsp3) is 0.727. The van der Waals surface area contributed by atoms with E-state index in [4.69, 9.17) is 0 Å². The maximum atomic E-state index is 2.45. The zero-order chi connectivity index (χ0) is 15.6. The highest BCUT2D eigenvalue weighted by Crippen LogP contribution is 2.38. The molecule has 22 heavy (non-hydrogen) atoms. The van der Waals surface area contributed by atoms with Crippen molar-refractivity contribution in [2.75, 3.05) is 0 Å². The Morgan fingerprint density at radius 1 is 0.727 bits per heavy atom. The summed E-state index contributed by atoms with van der Waals surface area (Å²) in [5, 5.41) is 0. The fourth-order valence-corrected chi connectivity index (χ4v) is 4.28. The Balaban J connectivity index is 2.27. The molecule has 0 saturated carbocycles. The number of rotatable bonds is 5. The van der Waals surface area contributed by atoms with E-state index in [2.05, 4.69) is 38.1 Å². The third-order valence-corrected chi connectivity index (χ3v) is 5.52. The van der Waals surface area contributed by atoms with Crippen molar-refractivity contribution >= 4 is 0 Å². The van der Waals surface area contributed by atoms with Crippen LogP contribution in [0.15, 0.2) is 24.3 Å². The van der Waals surface area contributed by atoms with Gasteiger partial charge in [0.2, 0.25) is 0 Å². The van der Waals surface area contributed by atoms with E-state index in [-0.39, 0.29) is 0 Å². The highest BCUT2D eigenvalue weighted by Gasteiger charge is 2.20. The Labute approximate surface area is 138 Å². The normalized spacial score (nSPS) is 23.5. The minimum absolute atomic E-state index is 0.809. The summed E-state index contributed by atoms with van der Waals surface area (Å²) in [6.45, 7) is 4.68. The van der Waals surface area contributed by atoms with Gasteiger partial charge in [-0.1, -0.05) is 89.5 Å². The summed E-state index contributed by atoms with van der Waals surface area (Å²) in [4.78, 5) is 0. The van der Waals surface area contributed by atoms with Gasteiger partial charge in [-0.05, 0) is 48.6 Å². The van der Waals surface area contributed by atoms with E-state index >= 15 is 0 Å². The molecule has 0 fully saturated rings. The first kappa shape index (κ1) is 17.6. The monoisotopic (exact) mass is 300 g/mol. The molecule has 1 aliphatic rings. The molecule has 1 aliphatic carbocycles. The van der Waals surface area contributed by atoms with Crippen molar-refractivity contribution in [1.29, 1.82) is 0 Å². The van der Waals surface area contributed by atoms with Gasteiger partial charge in [0.15, 0.2) is 0 Å². The lowest BCUT2D eigenvalue weighted by Crippen LogP contribution is -2.08. The zero-order valence-electron chi connectivity index (χ0n) is 14.9. The summed E-state index contributed by atoms with van der Waals surface area (Å²) in [6.07, 6.45) is 16.8. The molecule has 2 atom stereocenters. The van der Waals surface area contributed by atoms with Crippen molar-refractivity contribution in [2.45, 2.75) is 103 Å². The second-order valence-corrected chi connectivity index (χ2v) is 7.30. The summed E-state index contributed by atoms with van der Waals surface area (Å²) in [5.74, 6) is 1.62. The standard InChI is InChI=1S/C22H36/c1-3-5-14-20-16-10-8-6-7-9-15-19(13-4-2)21-17-11-12-18-22(20)21/h11-12,17-20H,3-10,13-16H2,1-2H3. The van der Waals surface area contributed by atoms with E-state index < -0.39 is 0 Å². The lowest BCUT2D eigenvalue weighted by Gasteiger charge is -2.25. The number of benzene rings is 1. The Kier molecular flexibility index (Phi) is 8.05. The van der Waals surface area contributed by atoms with Gasteiger partial charge in [-0.3, -0.25) is 0 Å². The van der Waals surface area contributed by atoms with Crippen LogP contribution in [0.4, 0.5) is 0 Å². The van der Waals surface area contributed by atoms with Gasteiger partial charge < -0.3 is 0 Å². The van der Waals surface area contributed by atoms with Crippen LogP contribution in [-0.2, 0) is 0 Å². The van der Waals surface area contributed by atoms with Gasteiger partial charge in [-0.2, -0.15) is 0 Å². The summed E-state index contributed by atoms with van der Waals surface area (Å²) in [5.41, 5.74) is 3.41. The first-order valence-corrected chi connectivity index (χ1v) is 9.95. The lowest BCUT2D eigenvalue weighted by atomic mass is 9.80. The predicted octanol–water partition coefficient (Wildman–Crippen LogP) is 7.59. The predicted molar refractivity (Wildman–Crippen MR) is 98.7 cm³/mol. The Hall–Kier alpha value is -0.780. The number of unbranched alkanes of at least 4 members (excludes halogenated alkanes) is 1. The van der Waals surface area contributed by atoms with Crippen LogP contribution >= 0.6 is 0 Å². The van der Waals surface area contributed by atoms with Gasteiger partial charge >= 0.3 is 0 Å². The number of hydrogen-bond donors (Lipinski definition) is 0. The van der Waals surface area contributed by atoms with Crippen molar-refractivity contribution in [1.82, 2.24) is 0 Å². The molecule has 0 spiro atoms. The largest absolute Gasteiger partial charge is 0.0654 e. The van der Waals surface area contributed by atoms with Crippen LogP contribution in [0, 0.1) is 0 Å². The van der Waals surface area contributed by atoms with E-state index in [1.807, 2.05) is 0 Å². The molecule has 2 rings (SSSR count). The first-order chi connectivity index (χ1) is 10.9. The number of fused-ring (bicyclic) bond motifs is 1. The number of hydrogen-bond acceptors (Lipinski definition) is 0. The van der Waals surface area contributed by atoms with Crippen molar-refractivity contribution in [3.8, 4) is 0 Å². The molecule has 0 amide bonds. The zero-order valence-corrected chi connectivity index (χ0v) is 14.9. The maximum absolute atomic E-state index is 2.45. The first-order valence-electron chi connectivity index (χ1n) is 9.95. The van der Waals surface area contributed by atoms with Gasteiger partial charge in [-0.25, -0.2) is 0 Å². The van der Waals surface area contributed by atoms with E-state index in [1.165, 1.54) is 77.0 Å². The highest BCUT2D eigenvalue weighted by molar-refractivity contribution is 5.33. The topological polar surface area (TPSA) is 0 Å². The Morgan fingerprint density at radius 2 is 1.27 bits per heavy atom. The van der Waals surface area contributed by atoms with Crippen LogP contribution in [0.1, 0.15) is 114 Å². The van der Waals surface area contributed by atoms with Crippen LogP contribution in [-0.4, -0.2) is 0 Å². The third kappa shape index (κ3) is 5.14. The van der Waals surface area contributed by atoms with E-state index in [1.54, 1.807) is 11.1 Å². The molecule has 0 N–H and O–H groups in total. The highest BCUT2D eigenvalue weighted by atomic mass is 14.3. The molecule has 124 valence electrons. The summed E-state index contributed by atoms with van der Waals surface area (Å²) in [7, 11) is 0. The molecule has 0 nitrogen and oxygen atoms in total. The minimum atomic E-state index is 0.809. The Morgan fingerprint density at radius 3 is 1.82 bits per heavy atom. The second kappa shape index (κ2) is 10.1. The van der Waals surface area contributed by atoms with Gasteiger partial charge in [0, 0.05) is 0 Å². The molecule has 2 unspecified atom stereocenters. The quantitative estimate of drug-likeness (QED) is 0.525. The molecule has 0 heterocycles. The summed E-state index contributed by atoms with van der Waals surface area (Å²) >= 11 is 0. The summed E-state index contributed by atoms with van der Waals surface area (Å²) < 4.78 is 0. The van der Waals surface area contributed by atoms with E-state index in [0.29, 0.717) is 0 Å². The molecule has 0 bridgehead atoms. The molecule has 0 radical (unpaired) electrons. The molecule has 1 aromatic rings. The van der Waals surface area contributed by atoms with Crippen molar-refractivity contribution in [3.63, 3.8) is 0 Å². The maximum Gasteiger partial charge on any atom is -0.0159 e. The van der Waals surface area contributed by atoms with Crippen molar-refractivity contribution < 1.29 is 0 Å². The van der Waals surface area contributed by atoms with E-state index in [9.17, 15) is 0 Å². The molecule has 0 heteroatoms. The Bertz CT molecular complexity index is 406. The van der Waals surface area contributed by atoms with Crippen molar-refractivity contribution in [3.05, 3.63) is 35.4 Å².